The predicted octanol–water partition coefficient (Wildman–Crippen LogP) is 2.06. The van der Waals surface area contributed by atoms with Crippen molar-refractivity contribution in [3.63, 3.8) is 0 Å². The second-order valence-electron chi connectivity index (χ2n) is 5.09. The molecule has 2 aromatic rings. The Bertz CT molecular complexity index is 775. The van der Waals surface area contributed by atoms with Gasteiger partial charge < -0.3 is 5.32 Å². The standard InChI is InChI=1S/C16H17N3O3/c1-9-14(10(2)19(4)18-9)15(21)16(22)17-13-7-5-6-12(8-13)11(3)20/h5-8H,1-4H3,(H,17,22). The van der Waals surface area contributed by atoms with Gasteiger partial charge in [0.1, 0.15) is 0 Å². The van der Waals surface area contributed by atoms with Gasteiger partial charge in [0.15, 0.2) is 5.78 Å². The molecule has 1 heterocycles. The molecular formula is C16H17N3O3. The van der Waals surface area contributed by atoms with Gasteiger partial charge in [0, 0.05) is 24.0 Å². The molecule has 0 radical (unpaired) electrons. The summed E-state index contributed by atoms with van der Waals surface area (Å²) in [6, 6.07) is 6.46. The Kier molecular flexibility index (Phi) is 4.21. The van der Waals surface area contributed by atoms with E-state index in [1.165, 1.54) is 13.0 Å². The van der Waals surface area contributed by atoms with E-state index in [1.54, 1.807) is 43.8 Å². The van der Waals surface area contributed by atoms with E-state index in [9.17, 15) is 14.4 Å². The van der Waals surface area contributed by atoms with Crippen LogP contribution in [-0.2, 0) is 11.8 Å². The lowest BCUT2D eigenvalue weighted by Crippen LogP contribution is -2.24. The van der Waals surface area contributed by atoms with Gasteiger partial charge in [-0.3, -0.25) is 19.1 Å². The molecule has 6 nitrogen and oxygen atoms in total. The molecule has 0 saturated carbocycles. The molecule has 1 aromatic heterocycles. The van der Waals surface area contributed by atoms with Crippen molar-refractivity contribution in [3.8, 4) is 0 Å². The van der Waals surface area contributed by atoms with E-state index < -0.39 is 11.7 Å². The molecule has 1 aromatic carbocycles. The highest BCUT2D eigenvalue weighted by atomic mass is 16.2. The number of carbonyl (C=O) groups is 3. The van der Waals surface area contributed by atoms with Crippen LogP contribution in [0.2, 0.25) is 0 Å². The predicted molar refractivity (Wildman–Crippen MR) is 82.1 cm³/mol. The van der Waals surface area contributed by atoms with Crippen molar-refractivity contribution in [3.05, 3.63) is 46.8 Å². The van der Waals surface area contributed by atoms with Crippen molar-refractivity contribution in [2.75, 3.05) is 5.32 Å². The molecule has 6 heteroatoms. The van der Waals surface area contributed by atoms with E-state index in [1.807, 2.05) is 0 Å². The maximum Gasteiger partial charge on any atom is 0.296 e. The van der Waals surface area contributed by atoms with E-state index in [4.69, 9.17) is 0 Å². The molecule has 1 N–H and O–H groups in total. The number of rotatable bonds is 4. The van der Waals surface area contributed by atoms with Crippen LogP contribution in [0.25, 0.3) is 0 Å². The van der Waals surface area contributed by atoms with E-state index in [0.717, 1.165) is 0 Å². The zero-order chi connectivity index (χ0) is 16.4. The summed E-state index contributed by atoms with van der Waals surface area (Å²) in [5.74, 6) is -1.50. The Morgan fingerprint density at radius 1 is 1.18 bits per heavy atom. The number of Topliss-reactive ketones (excluding diaryl/α,β-unsaturated/α-hetero) is 2. The first-order valence-corrected chi connectivity index (χ1v) is 6.78. The topological polar surface area (TPSA) is 81.1 Å². The summed E-state index contributed by atoms with van der Waals surface area (Å²) >= 11 is 0. The van der Waals surface area contributed by atoms with Crippen LogP contribution in [0.4, 0.5) is 5.69 Å². The first-order valence-electron chi connectivity index (χ1n) is 6.78. The van der Waals surface area contributed by atoms with Crippen LogP contribution in [0.1, 0.15) is 39.0 Å². The summed E-state index contributed by atoms with van der Waals surface area (Å²) in [5, 5.41) is 6.65. The van der Waals surface area contributed by atoms with Gasteiger partial charge in [-0.15, -0.1) is 0 Å². The molecular weight excluding hydrogens is 282 g/mol. The summed E-state index contributed by atoms with van der Waals surface area (Å²) < 4.78 is 1.56. The average Bonchev–Trinajstić information content (AvgIpc) is 2.71. The quantitative estimate of drug-likeness (QED) is 0.692. The lowest BCUT2D eigenvalue weighted by molar-refractivity contribution is -0.112. The molecule has 2 rings (SSSR count). The largest absolute Gasteiger partial charge is 0.319 e. The fourth-order valence-corrected chi connectivity index (χ4v) is 2.22. The highest BCUT2D eigenvalue weighted by Gasteiger charge is 2.23. The maximum absolute atomic E-state index is 12.3. The molecule has 0 atom stereocenters. The number of nitrogens with one attached hydrogen (secondary N) is 1. The van der Waals surface area contributed by atoms with Gasteiger partial charge >= 0.3 is 0 Å². The molecule has 0 aliphatic heterocycles. The zero-order valence-corrected chi connectivity index (χ0v) is 12.9. The Morgan fingerprint density at radius 3 is 2.41 bits per heavy atom. The Balaban J connectivity index is 2.24. The number of anilines is 1. The van der Waals surface area contributed by atoms with E-state index in [2.05, 4.69) is 10.4 Å². The van der Waals surface area contributed by atoms with Crippen molar-refractivity contribution < 1.29 is 14.4 Å². The highest BCUT2D eigenvalue weighted by Crippen LogP contribution is 2.15. The Morgan fingerprint density at radius 2 is 1.86 bits per heavy atom. The van der Waals surface area contributed by atoms with E-state index >= 15 is 0 Å². The lowest BCUT2D eigenvalue weighted by Gasteiger charge is -2.06. The molecule has 0 aliphatic carbocycles. The average molecular weight is 299 g/mol. The first kappa shape index (κ1) is 15.6. The minimum atomic E-state index is -0.750. The van der Waals surface area contributed by atoms with Crippen LogP contribution in [-0.4, -0.2) is 27.3 Å². The Hall–Kier alpha value is -2.76. The monoisotopic (exact) mass is 299 g/mol. The number of hydrogen-bond donors (Lipinski definition) is 1. The van der Waals surface area contributed by atoms with Crippen LogP contribution in [0.15, 0.2) is 24.3 Å². The van der Waals surface area contributed by atoms with Crippen LogP contribution in [0.5, 0.6) is 0 Å². The van der Waals surface area contributed by atoms with Crippen LogP contribution in [0, 0.1) is 13.8 Å². The number of aromatic nitrogens is 2. The minimum Gasteiger partial charge on any atom is -0.319 e. The van der Waals surface area contributed by atoms with Gasteiger partial charge in [-0.1, -0.05) is 12.1 Å². The van der Waals surface area contributed by atoms with Crippen molar-refractivity contribution in [2.45, 2.75) is 20.8 Å². The van der Waals surface area contributed by atoms with Crippen molar-refractivity contribution in [1.82, 2.24) is 9.78 Å². The normalized spacial score (nSPS) is 10.4. The smallest absolute Gasteiger partial charge is 0.296 e. The van der Waals surface area contributed by atoms with Crippen molar-refractivity contribution >= 4 is 23.2 Å². The fraction of sp³-hybridized carbons (Fsp3) is 0.250. The molecule has 0 fully saturated rings. The van der Waals surface area contributed by atoms with Crippen LogP contribution >= 0.6 is 0 Å². The van der Waals surface area contributed by atoms with E-state index in [0.29, 0.717) is 28.2 Å². The van der Waals surface area contributed by atoms with Gasteiger partial charge in [-0.05, 0) is 32.9 Å². The number of carbonyl (C=O) groups excluding carboxylic acids is 3. The maximum atomic E-state index is 12.3. The van der Waals surface area contributed by atoms with Crippen molar-refractivity contribution in [2.24, 2.45) is 7.05 Å². The van der Waals surface area contributed by atoms with Gasteiger partial charge in [0.25, 0.3) is 11.7 Å². The molecule has 0 spiro atoms. The summed E-state index contributed by atoms with van der Waals surface area (Å²) in [6.45, 7) is 4.86. The van der Waals surface area contributed by atoms with Crippen LogP contribution in [0.3, 0.4) is 0 Å². The highest BCUT2D eigenvalue weighted by molar-refractivity contribution is 6.47. The number of hydrogen-bond acceptors (Lipinski definition) is 4. The number of benzene rings is 1. The van der Waals surface area contributed by atoms with Crippen molar-refractivity contribution in [1.29, 1.82) is 0 Å². The summed E-state index contributed by atoms with van der Waals surface area (Å²) in [4.78, 5) is 35.8. The van der Waals surface area contributed by atoms with Gasteiger partial charge in [0.05, 0.1) is 11.3 Å². The number of aryl methyl sites for hydroxylation is 2. The summed E-state index contributed by atoms with van der Waals surface area (Å²) in [7, 11) is 1.72. The second-order valence-corrected chi connectivity index (χ2v) is 5.09. The molecule has 1 amide bonds. The molecule has 0 aliphatic rings. The van der Waals surface area contributed by atoms with Gasteiger partial charge in [-0.2, -0.15) is 5.10 Å². The van der Waals surface area contributed by atoms with Crippen LogP contribution < -0.4 is 5.32 Å². The third-order valence-electron chi connectivity index (χ3n) is 3.47. The second kappa shape index (κ2) is 5.93. The molecule has 22 heavy (non-hydrogen) atoms. The molecule has 0 saturated heterocycles. The summed E-state index contributed by atoms with van der Waals surface area (Å²) in [5.41, 5.74) is 2.33. The summed E-state index contributed by atoms with van der Waals surface area (Å²) in [6.07, 6.45) is 0. The zero-order valence-electron chi connectivity index (χ0n) is 12.9. The number of ketones is 2. The van der Waals surface area contributed by atoms with E-state index in [-0.39, 0.29) is 5.78 Å². The molecule has 0 unspecified atom stereocenters. The third-order valence-corrected chi connectivity index (χ3v) is 3.47. The SMILES string of the molecule is CC(=O)c1cccc(NC(=O)C(=O)c2c(C)nn(C)c2C)c1. The fourth-order valence-electron chi connectivity index (χ4n) is 2.22. The number of amides is 1. The van der Waals surface area contributed by atoms with Gasteiger partial charge in [-0.25, -0.2) is 0 Å². The molecule has 114 valence electrons. The Labute approximate surface area is 128 Å². The lowest BCUT2D eigenvalue weighted by atomic mass is 10.1. The minimum absolute atomic E-state index is 0.110. The number of nitrogens with zero attached hydrogens (tertiary/aromatic N) is 2. The van der Waals surface area contributed by atoms with Gasteiger partial charge in [0.2, 0.25) is 0 Å². The third kappa shape index (κ3) is 2.95. The molecule has 0 bridgehead atoms. The first-order chi connectivity index (χ1) is 10.3.